The number of carbonyl (C=O) groups is 2. The molecule has 24 heavy (non-hydrogen) atoms. The Morgan fingerprint density at radius 1 is 1.04 bits per heavy atom. The minimum Gasteiger partial charge on any atom is -0.465 e. The number of carboxylic acid groups (broad SMARTS) is 1. The summed E-state index contributed by atoms with van der Waals surface area (Å²) in [6, 6.07) is 17.9. The lowest BCUT2D eigenvalue weighted by Gasteiger charge is -2.36. The molecule has 4 nitrogen and oxygen atoms in total. The molecule has 0 unspecified atom stereocenters. The van der Waals surface area contributed by atoms with Gasteiger partial charge in [0.1, 0.15) is 0 Å². The van der Waals surface area contributed by atoms with Crippen LogP contribution in [-0.4, -0.2) is 28.0 Å². The number of hydrogen-bond donors (Lipinski definition) is 1. The summed E-state index contributed by atoms with van der Waals surface area (Å²) in [5.41, 5.74) is 2.87. The molecule has 0 aromatic heterocycles. The molecule has 124 valence electrons. The fraction of sp³-hybridized carbons (Fsp3) is 0.300. The third kappa shape index (κ3) is 2.80. The van der Waals surface area contributed by atoms with Gasteiger partial charge >= 0.3 is 6.09 Å². The van der Waals surface area contributed by atoms with Crippen LogP contribution in [0.25, 0.3) is 11.1 Å². The van der Waals surface area contributed by atoms with Crippen molar-refractivity contribution in [3.63, 3.8) is 0 Å². The zero-order chi connectivity index (χ0) is 17.3. The lowest BCUT2D eigenvalue weighted by atomic mass is 9.76. The van der Waals surface area contributed by atoms with Crippen molar-refractivity contribution in [3.05, 3.63) is 60.2 Å². The van der Waals surface area contributed by atoms with Gasteiger partial charge in [-0.05, 0) is 23.1 Å². The Morgan fingerprint density at radius 2 is 1.62 bits per heavy atom. The van der Waals surface area contributed by atoms with Crippen molar-refractivity contribution in [3.8, 4) is 11.1 Å². The average molecular weight is 323 g/mol. The lowest BCUT2D eigenvalue weighted by molar-refractivity contribution is -0.127. The normalized spacial score (nSPS) is 18.0. The number of amides is 2. The van der Waals surface area contributed by atoms with Crippen molar-refractivity contribution >= 4 is 12.0 Å². The maximum absolute atomic E-state index is 11.9. The van der Waals surface area contributed by atoms with Crippen molar-refractivity contribution in [1.82, 2.24) is 4.90 Å². The molecule has 1 N–H and O–H groups in total. The fourth-order valence-electron chi connectivity index (χ4n) is 3.52. The van der Waals surface area contributed by atoms with Gasteiger partial charge in [-0.15, -0.1) is 0 Å². The van der Waals surface area contributed by atoms with E-state index in [1.807, 2.05) is 56.3 Å². The number of benzene rings is 2. The molecular formula is C20H21NO3. The molecule has 2 aromatic carbocycles. The van der Waals surface area contributed by atoms with Crippen LogP contribution in [-0.2, 0) is 10.2 Å². The van der Waals surface area contributed by atoms with Crippen molar-refractivity contribution < 1.29 is 14.7 Å². The van der Waals surface area contributed by atoms with E-state index < -0.39 is 11.5 Å². The Morgan fingerprint density at radius 3 is 2.21 bits per heavy atom. The standard InChI is InChI=1S/C20H21NO3/c1-20(2,17-12-13-18(22)21(17)19(23)24)16-10-8-15(9-11-16)14-6-4-3-5-7-14/h3-11,17H,12-13H2,1-2H3,(H,23,24)/t17-/m0/s1. The molecular weight excluding hydrogens is 302 g/mol. The lowest BCUT2D eigenvalue weighted by Crippen LogP contribution is -2.47. The minimum atomic E-state index is -1.16. The smallest absolute Gasteiger partial charge is 0.414 e. The van der Waals surface area contributed by atoms with Crippen molar-refractivity contribution in [2.75, 3.05) is 0 Å². The molecule has 0 spiro atoms. The Hall–Kier alpha value is -2.62. The largest absolute Gasteiger partial charge is 0.465 e. The summed E-state index contributed by atoms with van der Waals surface area (Å²) in [4.78, 5) is 24.3. The zero-order valence-corrected chi connectivity index (χ0v) is 13.9. The van der Waals surface area contributed by atoms with E-state index in [1.54, 1.807) is 0 Å². The summed E-state index contributed by atoms with van der Waals surface area (Å²) in [7, 11) is 0. The summed E-state index contributed by atoms with van der Waals surface area (Å²) in [6.45, 7) is 4.01. The number of nitrogens with zero attached hydrogens (tertiary/aromatic N) is 1. The predicted molar refractivity (Wildman–Crippen MR) is 92.8 cm³/mol. The van der Waals surface area contributed by atoms with Crippen LogP contribution in [0.2, 0.25) is 0 Å². The van der Waals surface area contributed by atoms with Gasteiger partial charge in [0.15, 0.2) is 0 Å². The van der Waals surface area contributed by atoms with E-state index >= 15 is 0 Å². The molecule has 0 bridgehead atoms. The Labute approximate surface area is 141 Å². The SMILES string of the molecule is CC(C)(c1ccc(-c2ccccc2)cc1)[C@@H]1CCC(=O)N1C(=O)O. The second kappa shape index (κ2) is 6.11. The van der Waals surface area contributed by atoms with Crippen LogP contribution >= 0.6 is 0 Å². The molecule has 1 atom stereocenters. The second-order valence-corrected chi connectivity index (χ2v) is 6.77. The topological polar surface area (TPSA) is 57.6 Å². The number of rotatable bonds is 3. The van der Waals surface area contributed by atoms with Gasteiger partial charge in [0.05, 0.1) is 6.04 Å². The summed E-state index contributed by atoms with van der Waals surface area (Å²) in [5.74, 6) is -0.304. The second-order valence-electron chi connectivity index (χ2n) is 6.77. The Balaban J connectivity index is 1.90. The van der Waals surface area contributed by atoms with Gasteiger partial charge in [-0.1, -0.05) is 68.4 Å². The van der Waals surface area contributed by atoms with E-state index in [1.165, 1.54) is 0 Å². The number of carbonyl (C=O) groups excluding carboxylic acids is 1. The summed E-state index contributed by atoms with van der Waals surface area (Å²) in [5, 5.41) is 9.36. The fourth-order valence-corrected chi connectivity index (χ4v) is 3.52. The van der Waals surface area contributed by atoms with Crippen LogP contribution in [0.15, 0.2) is 54.6 Å². The van der Waals surface area contributed by atoms with Gasteiger partial charge in [-0.25, -0.2) is 9.69 Å². The van der Waals surface area contributed by atoms with Crippen LogP contribution in [0.1, 0.15) is 32.3 Å². The first-order valence-electron chi connectivity index (χ1n) is 8.12. The third-order valence-corrected chi connectivity index (χ3v) is 4.99. The van der Waals surface area contributed by atoms with Gasteiger partial charge in [-0.2, -0.15) is 0 Å². The van der Waals surface area contributed by atoms with Gasteiger partial charge in [0, 0.05) is 11.8 Å². The van der Waals surface area contributed by atoms with Crippen molar-refractivity contribution in [2.45, 2.75) is 38.1 Å². The van der Waals surface area contributed by atoms with Crippen molar-refractivity contribution in [2.24, 2.45) is 0 Å². The van der Waals surface area contributed by atoms with Gasteiger partial charge in [0.2, 0.25) is 5.91 Å². The zero-order valence-electron chi connectivity index (χ0n) is 13.9. The molecule has 4 heteroatoms. The number of imide groups is 1. The van der Waals surface area contributed by atoms with E-state index in [0.29, 0.717) is 12.8 Å². The molecule has 3 rings (SSSR count). The van der Waals surface area contributed by atoms with Gasteiger partial charge < -0.3 is 5.11 Å². The maximum Gasteiger partial charge on any atom is 0.414 e. The monoisotopic (exact) mass is 323 g/mol. The van der Waals surface area contributed by atoms with E-state index in [-0.39, 0.29) is 11.9 Å². The quantitative estimate of drug-likeness (QED) is 0.916. The van der Waals surface area contributed by atoms with Crippen LogP contribution < -0.4 is 0 Å². The molecule has 0 aliphatic carbocycles. The maximum atomic E-state index is 11.9. The Kier molecular flexibility index (Phi) is 4.14. The predicted octanol–water partition coefficient (Wildman–Crippen LogP) is 4.30. The first-order chi connectivity index (χ1) is 11.4. The molecule has 2 amide bonds. The first kappa shape index (κ1) is 16.2. The average Bonchev–Trinajstić information content (AvgIpc) is 2.98. The highest BCUT2D eigenvalue weighted by atomic mass is 16.4. The molecule has 0 radical (unpaired) electrons. The highest BCUT2D eigenvalue weighted by molar-refractivity contribution is 5.93. The Bertz CT molecular complexity index is 750. The number of likely N-dealkylation sites (tertiary alicyclic amines) is 1. The highest BCUT2D eigenvalue weighted by Gasteiger charge is 2.45. The van der Waals surface area contributed by atoms with E-state index in [0.717, 1.165) is 21.6 Å². The molecule has 1 aliphatic heterocycles. The van der Waals surface area contributed by atoms with Gasteiger partial charge in [0.25, 0.3) is 0 Å². The van der Waals surface area contributed by atoms with Crippen LogP contribution in [0.4, 0.5) is 4.79 Å². The highest BCUT2D eigenvalue weighted by Crippen LogP contribution is 2.37. The van der Waals surface area contributed by atoms with Crippen LogP contribution in [0.5, 0.6) is 0 Å². The molecule has 1 saturated heterocycles. The minimum absolute atomic E-state index is 0.294. The molecule has 2 aromatic rings. The summed E-state index contributed by atoms with van der Waals surface area (Å²) < 4.78 is 0. The number of hydrogen-bond acceptors (Lipinski definition) is 2. The molecule has 1 heterocycles. The molecule has 1 aliphatic rings. The van der Waals surface area contributed by atoms with Crippen LogP contribution in [0, 0.1) is 0 Å². The van der Waals surface area contributed by atoms with Gasteiger partial charge in [-0.3, -0.25) is 4.79 Å². The van der Waals surface area contributed by atoms with E-state index in [9.17, 15) is 14.7 Å². The first-order valence-corrected chi connectivity index (χ1v) is 8.12. The molecule has 1 fully saturated rings. The van der Waals surface area contributed by atoms with Crippen LogP contribution in [0.3, 0.4) is 0 Å². The van der Waals surface area contributed by atoms with E-state index in [4.69, 9.17) is 0 Å². The van der Waals surface area contributed by atoms with E-state index in [2.05, 4.69) is 12.1 Å². The molecule has 0 saturated carbocycles. The summed E-state index contributed by atoms with van der Waals surface area (Å²) in [6.07, 6.45) is -0.294. The van der Waals surface area contributed by atoms with Crippen molar-refractivity contribution in [1.29, 1.82) is 0 Å². The summed E-state index contributed by atoms with van der Waals surface area (Å²) >= 11 is 0. The third-order valence-electron chi connectivity index (χ3n) is 4.99.